The molecule has 0 aliphatic rings. The minimum absolute atomic E-state index is 0.0991. The highest BCUT2D eigenvalue weighted by Gasteiger charge is 2.21. The predicted molar refractivity (Wildman–Crippen MR) is 72.3 cm³/mol. The molecule has 0 aromatic heterocycles. The van der Waals surface area contributed by atoms with Crippen LogP contribution in [0.15, 0.2) is 24.3 Å². The van der Waals surface area contributed by atoms with E-state index in [4.69, 9.17) is 10.5 Å². The van der Waals surface area contributed by atoms with Gasteiger partial charge in [0.1, 0.15) is 5.75 Å². The molecule has 96 valence electrons. The second-order valence-corrected chi connectivity index (χ2v) is 4.30. The predicted octanol–water partition coefficient (Wildman–Crippen LogP) is 2.43. The fraction of sp³-hybridized carbons (Fsp3) is 0.571. The van der Waals surface area contributed by atoms with Gasteiger partial charge < -0.3 is 10.5 Å². The van der Waals surface area contributed by atoms with Crippen molar-refractivity contribution in [1.82, 2.24) is 4.90 Å². The molecule has 0 aliphatic heterocycles. The molecule has 3 nitrogen and oxygen atoms in total. The summed E-state index contributed by atoms with van der Waals surface area (Å²) < 4.78 is 5.27. The maximum atomic E-state index is 6.13. The van der Waals surface area contributed by atoms with E-state index < -0.39 is 0 Å². The quantitative estimate of drug-likeness (QED) is 0.824. The number of hydrogen-bond donors (Lipinski definition) is 1. The van der Waals surface area contributed by atoms with Gasteiger partial charge in [0.25, 0.3) is 0 Å². The van der Waals surface area contributed by atoms with Crippen LogP contribution in [0.4, 0.5) is 0 Å². The minimum atomic E-state index is 0.0991. The zero-order valence-electron chi connectivity index (χ0n) is 11.3. The summed E-state index contributed by atoms with van der Waals surface area (Å²) in [7, 11) is 1.69. The van der Waals surface area contributed by atoms with Gasteiger partial charge in [0.2, 0.25) is 0 Å². The van der Waals surface area contributed by atoms with Gasteiger partial charge in [-0.25, -0.2) is 0 Å². The van der Waals surface area contributed by atoms with Crippen LogP contribution >= 0.6 is 0 Å². The SMILES string of the molecule is CCN(CC)C(c1cccc(OC)c1)C(C)N. The normalized spacial score (nSPS) is 14.7. The lowest BCUT2D eigenvalue weighted by molar-refractivity contribution is 0.195. The molecule has 3 heteroatoms. The summed E-state index contributed by atoms with van der Waals surface area (Å²) in [6.07, 6.45) is 0. The standard InChI is InChI=1S/C14H24N2O/c1-5-16(6-2)14(11(3)15)12-8-7-9-13(10-12)17-4/h7-11,14H,5-6,15H2,1-4H3. The monoisotopic (exact) mass is 236 g/mol. The third-order valence-corrected chi connectivity index (χ3v) is 3.14. The molecule has 0 fully saturated rings. The van der Waals surface area contributed by atoms with Gasteiger partial charge in [-0.05, 0) is 37.7 Å². The Balaban J connectivity index is 3.04. The van der Waals surface area contributed by atoms with Crippen LogP contribution in [0, 0.1) is 0 Å². The Labute approximate surface area is 105 Å². The molecule has 0 aliphatic carbocycles. The zero-order valence-corrected chi connectivity index (χ0v) is 11.3. The van der Waals surface area contributed by atoms with Crippen molar-refractivity contribution in [3.8, 4) is 5.75 Å². The van der Waals surface area contributed by atoms with Gasteiger partial charge in [-0.15, -0.1) is 0 Å². The molecule has 0 bridgehead atoms. The first-order valence-electron chi connectivity index (χ1n) is 6.27. The molecule has 0 saturated heterocycles. The summed E-state index contributed by atoms with van der Waals surface area (Å²) in [6, 6.07) is 8.53. The molecule has 2 unspecified atom stereocenters. The van der Waals surface area contributed by atoms with Gasteiger partial charge in [-0.3, -0.25) is 4.90 Å². The van der Waals surface area contributed by atoms with Crippen molar-refractivity contribution in [3.63, 3.8) is 0 Å². The lowest BCUT2D eigenvalue weighted by atomic mass is 9.99. The summed E-state index contributed by atoms with van der Waals surface area (Å²) in [5.74, 6) is 0.889. The fourth-order valence-electron chi connectivity index (χ4n) is 2.29. The van der Waals surface area contributed by atoms with Crippen molar-refractivity contribution in [2.75, 3.05) is 20.2 Å². The Hall–Kier alpha value is -1.06. The smallest absolute Gasteiger partial charge is 0.119 e. The van der Waals surface area contributed by atoms with Crippen LogP contribution in [0.3, 0.4) is 0 Å². The molecule has 2 atom stereocenters. The summed E-state index contributed by atoms with van der Waals surface area (Å²) in [4.78, 5) is 2.37. The van der Waals surface area contributed by atoms with E-state index in [1.807, 2.05) is 12.1 Å². The molecule has 2 N–H and O–H groups in total. The van der Waals surface area contributed by atoms with Crippen LogP contribution < -0.4 is 10.5 Å². The van der Waals surface area contributed by atoms with Crippen LogP contribution in [0.5, 0.6) is 5.75 Å². The van der Waals surface area contributed by atoms with Crippen LogP contribution in [-0.2, 0) is 0 Å². The third-order valence-electron chi connectivity index (χ3n) is 3.14. The maximum Gasteiger partial charge on any atom is 0.119 e. The molecule has 0 heterocycles. The number of nitrogens with zero attached hydrogens (tertiary/aromatic N) is 1. The van der Waals surface area contributed by atoms with E-state index in [0.717, 1.165) is 18.8 Å². The first-order chi connectivity index (χ1) is 8.13. The summed E-state index contributed by atoms with van der Waals surface area (Å²) in [5.41, 5.74) is 7.35. The Morgan fingerprint density at radius 3 is 2.41 bits per heavy atom. The number of ether oxygens (including phenoxy) is 1. The van der Waals surface area contributed by atoms with Gasteiger partial charge in [-0.1, -0.05) is 26.0 Å². The summed E-state index contributed by atoms with van der Waals surface area (Å²) in [6.45, 7) is 8.39. The van der Waals surface area contributed by atoms with Crippen LogP contribution in [-0.4, -0.2) is 31.1 Å². The molecule has 1 aromatic rings. The van der Waals surface area contributed by atoms with Gasteiger partial charge in [0, 0.05) is 12.1 Å². The van der Waals surface area contributed by atoms with Crippen molar-refractivity contribution in [2.24, 2.45) is 5.73 Å². The average molecular weight is 236 g/mol. The topological polar surface area (TPSA) is 38.5 Å². The summed E-state index contributed by atoms with van der Waals surface area (Å²) in [5, 5.41) is 0. The molecule has 0 saturated carbocycles. The third kappa shape index (κ3) is 3.45. The van der Waals surface area contributed by atoms with E-state index in [2.05, 4.69) is 37.8 Å². The lowest BCUT2D eigenvalue weighted by Gasteiger charge is -2.33. The second kappa shape index (κ2) is 6.62. The van der Waals surface area contributed by atoms with Gasteiger partial charge in [-0.2, -0.15) is 0 Å². The fourth-order valence-corrected chi connectivity index (χ4v) is 2.29. The largest absolute Gasteiger partial charge is 0.497 e. The van der Waals surface area contributed by atoms with Crippen LogP contribution in [0.1, 0.15) is 32.4 Å². The minimum Gasteiger partial charge on any atom is -0.497 e. The van der Waals surface area contributed by atoms with Crippen LogP contribution in [0.2, 0.25) is 0 Å². The molecule has 0 amide bonds. The highest BCUT2D eigenvalue weighted by atomic mass is 16.5. The second-order valence-electron chi connectivity index (χ2n) is 4.30. The molecule has 1 rings (SSSR count). The Kier molecular flexibility index (Phi) is 5.45. The van der Waals surface area contributed by atoms with Crippen LogP contribution in [0.25, 0.3) is 0 Å². The number of benzene rings is 1. The molecular weight excluding hydrogens is 212 g/mol. The van der Waals surface area contributed by atoms with Gasteiger partial charge in [0.15, 0.2) is 0 Å². The average Bonchev–Trinajstić information content (AvgIpc) is 2.35. The molecule has 1 aromatic carbocycles. The Morgan fingerprint density at radius 2 is 1.94 bits per heavy atom. The van der Waals surface area contributed by atoms with Crippen molar-refractivity contribution in [1.29, 1.82) is 0 Å². The van der Waals surface area contributed by atoms with Crippen molar-refractivity contribution < 1.29 is 4.74 Å². The van der Waals surface area contributed by atoms with E-state index in [-0.39, 0.29) is 12.1 Å². The molecule has 0 spiro atoms. The number of likely N-dealkylation sites (N-methyl/N-ethyl adjacent to an activating group) is 1. The lowest BCUT2D eigenvalue weighted by Crippen LogP contribution is -2.39. The van der Waals surface area contributed by atoms with E-state index in [1.54, 1.807) is 7.11 Å². The number of hydrogen-bond acceptors (Lipinski definition) is 3. The number of methoxy groups -OCH3 is 1. The van der Waals surface area contributed by atoms with E-state index in [1.165, 1.54) is 5.56 Å². The first kappa shape index (κ1) is 14.0. The van der Waals surface area contributed by atoms with Crippen molar-refractivity contribution in [3.05, 3.63) is 29.8 Å². The zero-order chi connectivity index (χ0) is 12.8. The highest BCUT2D eigenvalue weighted by Crippen LogP contribution is 2.26. The summed E-state index contributed by atoms with van der Waals surface area (Å²) >= 11 is 0. The molecular formula is C14H24N2O. The van der Waals surface area contributed by atoms with E-state index in [9.17, 15) is 0 Å². The van der Waals surface area contributed by atoms with E-state index in [0.29, 0.717) is 0 Å². The number of rotatable bonds is 6. The number of nitrogens with two attached hydrogens (primary N) is 1. The Bertz CT molecular complexity index is 335. The molecule has 0 radical (unpaired) electrons. The highest BCUT2D eigenvalue weighted by molar-refractivity contribution is 5.31. The van der Waals surface area contributed by atoms with Gasteiger partial charge >= 0.3 is 0 Å². The maximum absolute atomic E-state index is 6.13. The van der Waals surface area contributed by atoms with E-state index >= 15 is 0 Å². The van der Waals surface area contributed by atoms with Gasteiger partial charge in [0.05, 0.1) is 7.11 Å². The van der Waals surface area contributed by atoms with Crippen molar-refractivity contribution >= 4 is 0 Å². The Morgan fingerprint density at radius 1 is 1.29 bits per heavy atom. The molecule has 17 heavy (non-hydrogen) atoms. The van der Waals surface area contributed by atoms with Crippen molar-refractivity contribution in [2.45, 2.75) is 32.9 Å². The first-order valence-corrected chi connectivity index (χ1v) is 6.27.